The minimum atomic E-state index is -0.651. The maximum absolute atomic E-state index is 15.1. The van der Waals surface area contributed by atoms with Gasteiger partial charge in [0, 0.05) is 54.8 Å². The second-order valence-corrected chi connectivity index (χ2v) is 9.91. The molecule has 1 aromatic carbocycles. The monoisotopic (exact) mass is 519 g/mol. The summed E-state index contributed by atoms with van der Waals surface area (Å²) in [7, 11) is 2.84. The SMILES string of the molecule is COc1ncc2c(N3CCC(NC4CC4)CC3)ccc(C(=O)Nc3cn4cc(C)nc4c(F)c3OC)c2n1. The van der Waals surface area contributed by atoms with Crippen molar-refractivity contribution in [1.29, 1.82) is 0 Å². The van der Waals surface area contributed by atoms with Crippen LogP contribution in [0.1, 0.15) is 41.7 Å². The van der Waals surface area contributed by atoms with Crippen LogP contribution >= 0.6 is 0 Å². The van der Waals surface area contributed by atoms with E-state index in [0.717, 1.165) is 37.0 Å². The van der Waals surface area contributed by atoms with Crippen molar-refractivity contribution in [3.05, 3.63) is 47.8 Å². The van der Waals surface area contributed by atoms with E-state index in [2.05, 4.69) is 30.5 Å². The van der Waals surface area contributed by atoms with Crippen LogP contribution in [0.4, 0.5) is 15.8 Å². The number of methoxy groups -OCH3 is 2. The topological polar surface area (TPSA) is 106 Å². The lowest BCUT2D eigenvalue weighted by Crippen LogP contribution is -2.43. The molecule has 1 saturated heterocycles. The zero-order chi connectivity index (χ0) is 26.4. The molecule has 2 aliphatic rings. The van der Waals surface area contributed by atoms with Crippen molar-refractivity contribution >= 4 is 33.8 Å². The highest BCUT2D eigenvalue weighted by Crippen LogP contribution is 2.34. The van der Waals surface area contributed by atoms with Crippen LogP contribution in [0.25, 0.3) is 16.6 Å². The van der Waals surface area contributed by atoms with Crippen LogP contribution in [-0.2, 0) is 0 Å². The number of nitrogens with one attached hydrogen (secondary N) is 2. The molecule has 6 rings (SSSR count). The van der Waals surface area contributed by atoms with E-state index in [9.17, 15) is 4.79 Å². The van der Waals surface area contributed by atoms with Gasteiger partial charge >= 0.3 is 6.01 Å². The Morgan fingerprint density at radius 2 is 1.82 bits per heavy atom. The van der Waals surface area contributed by atoms with Crippen molar-refractivity contribution in [2.75, 3.05) is 37.5 Å². The van der Waals surface area contributed by atoms with Crippen LogP contribution in [0.2, 0.25) is 0 Å². The zero-order valence-electron chi connectivity index (χ0n) is 21.6. The Hall–Kier alpha value is -3.99. The number of aryl methyl sites for hydroxylation is 1. The molecule has 4 heterocycles. The van der Waals surface area contributed by atoms with Crippen molar-refractivity contribution in [3.63, 3.8) is 0 Å². The third-order valence-electron chi connectivity index (χ3n) is 7.23. The van der Waals surface area contributed by atoms with E-state index >= 15 is 4.39 Å². The molecule has 2 fully saturated rings. The summed E-state index contributed by atoms with van der Waals surface area (Å²) in [5, 5.41) is 7.28. The molecule has 3 aromatic heterocycles. The average Bonchev–Trinajstić information content (AvgIpc) is 3.66. The highest BCUT2D eigenvalue weighted by Gasteiger charge is 2.28. The summed E-state index contributed by atoms with van der Waals surface area (Å²) in [6, 6.07) is 5.07. The minimum absolute atomic E-state index is 0.0905. The summed E-state index contributed by atoms with van der Waals surface area (Å²) in [6.07, 6.45) is 9.63. The van der Waals surface area contributed by atoms with Crippen molar-refractivity contribution in [3.8, 4) is 11.8 Å². The number of ether oxygens (including phenoxy) is 2. The van der Waals surface area contributed by atoms with Crippen LogP contribution in [0.15, 0.2) is 30.7 Å². The van der Waals surface area contributed by atoms with E-state index in [-0.39, 0.29) is 23.1 Å². The predicted octanol–water partition coefficient (Wildman–Crippen LogP) is 3.72. The molecular formula is C27H30FN7O3. The second-order valence-electron chi connectivity index (χ2n) is 9.91. The number of amides is 1. The Labute approximate surface area is 219 Å². The Balaban J connectivity index is 1.33. The molecule has 10 nitrogen and oxygen atoms in total. The Morgan fingerprint density at radius 1 is 1.05 bits per heavy atom. The smallest absolute Gasteiger partial charge is 0.316 e. The fraction of sp³-hybridized carbons (Fsp3) is 0.407. The molecule has 1 amide bonds. The van der Waals surface area contributed by atoms with Gasteiger partial charge in [-0.15, -0.1) is 0 Å². The molecule has 198 valence electrons. The lowest BCUT2D eigenvalue weighted by Gasteiger charge is -2.34. The molecule has 2 N–H and O–H groups in total. The predicted molar refractivity (Wildman–Crippen MR) is 142 cm³/mol. The lowest BCUT2D eigenvalue weighted by molar-refractivity contribution is 0.102. The molecule has 0 bridgehead atoms. The van der Waals surface area contributed by atoms with E-state index in [4.69, 9.17) is 9.47 Å². The third-order valence-corrected chi connectivity index (χ3v) is 7.23. The average molecular weight is 520 g/mol. The molecule has 38 heavy (non-hydrogen) atoms. The van der Waals surface area contributed by atoms with Crippen LogP contribution in [0.5, 0.6) is 11.8 Å². The quantitative estimate of drug-likeness (QED) is 0.381. The first-order valence-electron chi connectivity index (χ1n) is 12.8. The normalized spacial score (nSPS) is 16.3. The second kappa shape index (κ2) is 9.71. The van der Waals surface area contributed by atoms with Gasteiger partial charge in [0.05, 0.1) is 31.0 Å². The van der Waals surface area contributed by atoms with Crippen LogP contribution in [0.3, 0.4) is 0 Å². The van der Waals surface area contributed by atoms with E-state index in [1.807, 2.05) is 6.07 Å². The highest BCUT2D eigenvalue weighted by molar-refractivity contribution is 6.14. The van der Waals surface area contributed by atoms with Gasteiger partial charge in [-0.3, -0.25) is 4.79 Å². The molecule has 1 saturated carbocycles. The fourth-order valence-corrected chi connectivity index (χ4v) is 5.19. The van der Waals surface area contributed by atoms with E-state index in [0.29, 0.717) is 28.9 Å². The Morgan fingerprint density at radius 3 is 2.53 bits per heavy atom. The number of piperidine rings is 1. The Bertz CT molecular complexity index is 1530. The number of carbonyl (C=O) groups is 1. The summed E-state index contributed by atoms with van der Waals surface area (Å²) >= 11 is 0. The van der Waals surface area contributed by atoms with Gasteiger partial charge in [0.25, 0.3) is 5.91 Å². The first kappa shape index (κ1) is 24.4. The van der Waals surface area contributed by atoms with Gasteiger partial charge in [-0.1, -0.05) is 0 Å². The number of fused-ring (bicyclic) bond motifs is 2. The van der Waals surface area contributed by atoms with E-state index < -0.39 is 11.7 Å². The number of halogens is 1. The van der Waals surface area contributed by atoms with Gasteiger partial charge in [0.2, 0.25) is 5.82 Å². The molecule has 4 aromatic rings. The molecule has 1 aliphatic heterocycles. The van der Waals surface area contributed by atoms with Crippen LogP contribution in [0, 0.1) is 12.7 Å². The lowest BCUT2D eigenvalue weighted by atomic mass is 10.0. The number of pyridine rings is 1. The molecule has 0 unspecified atom stereocenters. The molecule has 0 spiro atoms. The maximum atomic E-state index is 15.1. The van der Waals surface area contributed by atoms with Gasteiger partial charge in [0.15, 0.2) is 11.4 Å². The summed E-state index contributed by atoms with van der Waals surface area (Å²) < 4.78 is 27.2. The summed E-state index contributed by atoms with van der Waals surface area (Å²) in [5.41, 5.74) is 2.71. The van der Waals surface area contributed by atoms with Gasteiger partial charge in [-0.25, -0.2) is 9.97 Å². The molecule has 0 atom stereocenters. The van der Waals surface area contributed by atoms with Crippen molar-refractivity contribution in [2.45, 2.75) is 44.7 Å². The van der Waals surface area contributed by atoms with Crippen LogP contribution < -0.4 is 25.0 Å². The number of rotatable bonds is 7. The van der Waals surface area contributed by atoms with Gasteiger partial charge in [0.1, 0.15) is 5.69 Å². The van der Waals surface area contributed by atoms with Gasteiger partial charge in [-0.05, 0) is 44.7 Å². The molecule has 0 radical (unpaired) electrons. The third kappa shape index (κ3) is 4.47. The summed E-state index contributed by atoms with van der Waals surface area (Å²) in [6.45, 7) is 3.57. The maximum Gasteiger partial charge on any atom is 0.316 e. The first-order valence-corrected chi connectivity index (χ1v) is 12.8. The molecule has 1 aliphatic carbocycles. The summed E-state index contributed by atoms with van der Waals surface area (Å²) in [4.78, 5) is 28.9. The van der Waals surface area contributed by atoms with Crippen LogP contribution in [-0.4, -0.2) is 64.7 Å². The highest BCUT2D eigenvalue weighted by atomic mass is 19.1. The Kier molecular flexibility index (Phi) is 6.22. The van der Waals surface area contributed by atoms with E-state index in [1.54, 1.807) is 31.6 Å². The van der Waals surface area contributed by atoms with Crippen molar-refractivity contribution in [1.82, 2.24) is 24.7 Å². The van der Waals surface area contributed by atoms with Gasteiger partial charge < -0.3 is 29.4 Å². The number of hydrogen-bond acceptors (Lipinski definition) is 8. The van der Waals surface area contributed by atoms with Crippen molar-refractivity contribution < 1.29 is 18.7 Å². The van der Waals surface area contributed by atoms with Crippen molar-refractivity contribution in [2.24, 2.45) is 0 Å². The number of hydrogen-bond donors (Lipinski definition) is 2. The zero-order valence-corrected chi connectivity index (χ0v) is 21.6. The van der Waals surface area contributed by atoms with E-state index in [1.165, 1.54) is 31.5 Å². The molecule has 11 heteroatoms. The minimum Gasteiger partial charge on any atom is -0.491 e. The first-order chi connectivity index (χ1) is 18.4. The molecular weight excluding hydrogens is 489 g/mol. The number of anilines is 2. The number of aromatic nitrogens is 4. The number of carbonyl (C=O) groups excluding carboxylic acids is 1. The number of nitrogens with zero attached hydrogens (tertiary/aromatic N) is 5. The fourth-order valence-electron chi connectivity index (χ4n) is 5.19. The van der Waals surface area contributed by atoms with Gasteiger partial charge in [-0.2, -0.15) is 9.37 Å². The standard InChI is InChI=1S/C27H30FN7O3/c1-15-13-35-14-20(24(37-2)22(28)25(35)30-15)32-26(36)18-6-7-21(19-12-29-27(38-3)33-23(18)19)34-10-8-17(9-11-34)31-16-4-5-16/h6-7,12-14,16-17,31H,4-5,8-11H2,1-3H3,(H,32,36). The summed E-state index contributed by atoms with van der Waals surface area (Å²) in [5.74, 6) is -1.20. The number of benzene rings is 1. The number of imidazole rings is 1. The largest absolute Gasteiger partial charge is 0.491 e.